The van der Waals surface area contributed by atoms with Crippen LogP contribution in [0.4, 0.5) is 0 Å². The van der Waals surface area contributed by atoms with Crippen molar-refractivity contribution >= 4 is 23.7 Å². The minimum Gasteiger partial charge on any atom is -0.381 e. The summed E-state index contributed by atoms with van der Waals surface area (Å²) in [6, 6.07) is 7.77. The van der Waals surface area contributed by atoms with E-state index >= 15 is 0 Å². The van der Waals surface area contributed by atoms with Crippen LogP contribution >= 0.6 is 12.6 Å². The Bertz CT molecular complexity index is 662. The molecule has 0 bridgehead atoms. The number of rotatable bonds is 3. The Labute approximate surface area is 123 Å². The summed E-state index contributed by atoms with van der Waals surface area (Å²) in [5, 5.41) is 0. The lowest BCUT2D eigenvalue weighted by atomic mass is 9.82. The van der Waals surface area contributed by atoms with Crippen molar-refractivity contribution in [1.82, 2.24) is 9.55 Å². The van der Waals surface area contributed by atoms with Crippen LogP contribution in [0.15, 0.2) is 35.3 Å². The van der Waals surface area contributed by atoms with E-state index in [1.807, 2.05) is 28.8 Å². The third-order valence-corrected chi connectivity index (χ3v) is 4.81. The molecule has 2 heterocycles. The summed E-state index contributed by atoms with van der Waals surface area (Å²) in [5.41, 5.74) is 1.74. The monoisotopic (exact) mass is 290 g/mol. The van der Waals surface area contributed by atoms with Gasteiger partial charge < -0.3 is 9.30 Å². The average Bonchev–Trinajstić information content (AvgIpc) is 2.51. The average molecular weight is 290 g/mol. The van der Waals surface area contributed by atoms with Gasteiger partial charge in [0.25, 0.3) is 5.56 Å². The Kier molecular flexibility index (Phi) is 3.81. The van der Waals surface area contributed by atoms with Gasteiger partial charge in [0.2, 0.25) is 0 Å². The highest BCUT2D eigenvalue weighted by Crippen LogP contribution is 2.33. The number of thiol groups is 1. The zero-order valence-corrected chi connectivity index (χ0v) is 12.2. The highest BCUT2D eigenvalue weighted by atomic mass is 32.1. The normalized spacial score (nSPS) is 18.2. The van der Waals surface area contributed by atoms with Gasteiger partial charge in [0, 0.05) is 25.2 Å². The molecule has 4 nitrogen and oxygen atoms in total. The van der Waals surface area contributed by atoms with Gasteiger partial charge in [0.05, 0.1) is 17.2 Å². The van der Waals surface area contributed by atoms with Crippen molar-refractivity contribution in [2.75, 3.05) is 19.0 Å². The Hall–Kier alpha value is -1.33. The molecule has 20 heavy (non-hydrogen) atoms. The molecule has 1 aromatic heterocycles. The number of aromatic nitrogens is 2. The molecule has 106 valence electrons. The van der Waals surface area contributed by atoms with E-state index in [9.17, 15) is 4.79 Å². The van der Waals surface area contributed by atoms with Crippen molar-refractivity contribution < 1.29 is 4.74 Å². The lowest BCUT2D eigenvalue weighted by Gasteiger charge is -2.36. The van der Waals surface area contributed by atoms with Gasteiger partial charge in [-0.05, 0) is 30.7 Å². The number of hydrogen-bond acceptors (Lipinski definition) is 4. The molecule has 0 saturated carbocycles. The molecular weight excluding hydrogens is 272 g/mol. The summed E-state index contributed by atoms with van der Waals surface area (Å²) in [4.78, 5) is 16.4. The largest absolute Gasteiger partial charge is 0.381 e. The van der Waals surface area contributed by atoms with E-state index in [4.69, 9.17) is 4.74 Å². The molecule has 0 radical (unpaired) electrons. The van der Waals surface area contributed by atoms with Crippen molar-refractivity contribution in [3.63, 3.8) is 0 Å². The van der Waals surface area contributed by atoms with Crippen molar-refractivity contribution in [2.24, 2.45) is 5.41 Å². The lowest BCUT2D eigenvalue weighted by Crippen LogP contribution is -2.38. The molecule has 1 saturated heterocycles. The molecule has 0 aliphatic carbocycles. The van der Waals surface area contributed by atoms with Crippen molar-refractivity contribution in [3.05, 3.63) is 40.8 Å². The van der Waals surface area contributed by atoms with Crippen LogP contribution in [0.3, 0.4) is 0 Å². The van der Waals surface area contributed by atoms with Gasteiger partial charge in [0.1, 0.15) is 0 Å². The van der Waals surface area contributed by atoms with Crippen molar-refractivity contribution in [3.8, 4) is 0 Å². The molecule has 1 aliphatic heterocycles. The van der Waals surface area contributed by atoms with Gasteiger partial charge in [-0.2, -0.15) is 12.6 Å². The topological polar surface area (TPSA) is 44.1 Å². The second-order valence-electron chi connectivity index (χ2n) is 5.44. The molecule has 2 aromatic rings. The molecule has 0 unspecified atom stereocenters. The molecule has 0 N–H and O–H groups in total. The third-order valence-electron chi connectivity index (χ3n) is 4.14. The number of nitrogens with zero attached hydrogens (tertiary/aromatic N) is 2. The maximum Gasteiger partial charge on any atom is 0.269 e. The van der Waals surface area contributed by atoms with Crippen LogP contribution < -0.4 is 5.56 Å². The highest BCUT2D eigenvalue weighted by Gasteiger charge is 2.32. The fourth-order valence-electron chi connectivity index (χ4n) is 2.78. The summed E-state index contributed by atoms with van der Waals surface area (Å²) >= 11 is 4.52. The number of ether oxygens (including phenoxy) is 1. The summed E-state index contributed by atoms with van der Waals surface area (Å²) in [7, 11) is 0. The van der Waals surface area contributed by atoms with E-state index in [1.54, 1.807) is 0 Å². The SMILES string of the molecule is O=c1cnc2ccccc2n1CC1(CS)CCOCC1. The van der Waals surface area contributed by atoms with E-state index in [0.717, 1.165) is 42.8 Å². The van der Waals surface area contributed by atoms with E-state index in [-0.39, 0.29) is 11.0 Å². The number of benzene rings is 1. The second-order valence-corrected chi connectivity index (χ2v) is 5.76. The zero-order valence-electron chi connectivity index (χ0n) is 11.3. The minimum absolute atomic E-state index is 0.0370. The lowest BCUT2D eigenvalue weighted by molar-refractivity contribution is 0.0183. The van der Waals surface area contributed by atoms with Gasteiger partial charge in [-0.1, -0.05) is 12.1 Å². The fourth-order valence-corrected chi connectivity index (χ4v) is 3.20. The number of para-hydroxylation sites is 2. The minimum atomic E-state index is -0.0450. The Morgan fingerprint density at radius 2 is 2.05 bits per heavy atom. The van der Waals surface area contributed by atoms with Gasteiger partial charge in [0.15, 0.2) is 0 Å². The van der Waals surface area contributed by atoms with E-state index in [2.05, 4.69) is 17.6 Å². The first-order valence-corrected chi connectivity index (χ1v) is 7.51. The van der Waals surface area contributed by atoms with Crippen LogP contribution in [0.5, 0.6) is 0 Å². The molecule has 0 amide bonds. The molecule has 1 aromatic carbocycles. The smallest absolute Gasteiger partial charge is 0.269 e. The first-order chi connectivity index (χ1) is 9.74. The highest BCUT2D eigenvalue weighted by molar-refractivity contribution is 7.80. The van der Waals surface area contributed by atoms with Crippen molar-refractivity contribution in [2.45, 2.75) is 19.4 Å². The molecule has 5 heteroatoms. The molecular formula is C15H18N2O2S. The standard InChI is InChI=1S/C15H18N2O2S/c18-14-9-16-12-3-1-2-4-13(12)17(14)10-15(11-20)5-7-19-8-6-15/h1-4,9,20H,5-8,10-11H2. The van der Waals surface area contributed by atoms with Crippen molar-refractivity contribution in [1.29, 1.82) is 0 Å². The van der Waals surface area contributed by atoms with Crippen LogP contribution in [0.2, 0.25) is 0 Å². The van der Waals surface area contributed by atoms with Gasteiger partial charge >= 0.3 is 0 Å². The quantitative estimate of drug-likeness (QED) is 0.881. The third kappa shape index (κ3) is 2.47. The number of fused-ring (bicyclic) bond motifs is 1. The van der Waals surface area contributed by atoms with E-state index in [1.165, 1.54) is 6.20 Å². The zero-order chi connectivity index (χ0) is 14.0. The molecule has 0 atom stereocenters. The first kappa shape index (κ1) is 13.6. The van der Waals surface area contributed by atoms with Gasteiger partial charge in [-0.3, -0.25) is 4.79 Å². The van der Waals surface area contributed by atoms with Crippen LogP contribution in [-0.2, 0) is 11.3 Å². The Morgan fingerprint density at radius 1 is 1.30 bits per heavy atom. The van der Waals surface area contributed by atoms with E-state index in [0.29, 0.717) is 6.54 Å². The predicted octanol–water partition coefficient (Wildman–Crippen LogP) is 2.12. The molecule has 1 fully saturated rings. The maximum absolute atomic E-state index is 12.2. The Balaban J connectivity index is 2.05. The number of hydrogen-bond donors (Lipinski definition) is 1. The maximum atomic E-state index is 12.2. The molecule has 0 spiro atoms. The fraction of sp³-hybridized carbons (Fsp3) is 0.467. The van der Waals surface area contributed by atoms with Crippen LogP contribution in [-0.4, -0.2) is 28.5 Å². The van der Waals surface area contributed by atoms with Gasteiger partial charge in [-0.15, -0.1) is 0 Å². The van der Waals surface area contributed by atoms with Gasteiger partial charge in [-0.25, -0.2) is 4.98 Å². The van der Waals surface area contributed by atoms with Crippen LogP contribution in [0, 0.1) is 5.41 Å². The van der Waals surface area contributed by atoms with Crippen LogP contribution in [0.25, 0.3) is 11.0 Å². The molecule has 3 rings (SSSR count). The summed E-state index contributed by atoms with van der Waals surface area (Å²) in [5.74, 6) is 0.763. The second kappa shape index (κ2) is 5.58. The van der Waals surface area contributed by atoms with Crippen LogP contribution in [0.1, 0.15) is 12.8 Å². The summed E-state index contributed by atoms with van der Waals surface area (Å²) < 4.78 is 7.29. The first-order valence-electron chi connectivity index (χ1n) is 6.87. The predicted molar refractivity (Wildman–Crippen MR) is 82.3 cm³/mol. The Morgan fingerprint density at radius 3 is 2.80 bits per heavy atom. The van der Waals surface area contributed by atoms with E-state index < -0.39 is 0 Å². The summed E-state index contributed by atoms with van der Waals surface area (Å²) in [6.07, 6.45) is 3.30. The molecule has 1 aliphatic rings. The summed E-state index contributed by atoms with van der Waals surface area (Å²) in [6.45, 7) is 2.18.